The van der Waals surface area contributed by atoms with Crippen LogP contribution in [0.3, 0.4) is 0 Å². The van der Waals surface area contributed by atoms with Crippen molar-refractivity contribution in [1.29, 1.82) is 0 Å². The van der Waals surface area contributed by atoms with Gasteiger partial charge in [0.05, 0.1) is 21.3 Å². The number of carbonyl (C=O) groups excluding carboxylic acids is 1. The molecule has 1 aliphatic heterocycles. The van der Waals surface area contributed by atoms with Crippen LogP contribution in [0.1, 0.15) is 41.8 Å². The number of halogens is 3. The molecule has 188 valence electrons. The number of Topliss-reactive ketones (excluding diaryl/α,β-unsaturated/α-hetero) is 1. The minimum atomic E-state index is -4.74. The molecule has 1 aliphatic carbocycles. The third-order valence-corrected chi connectivity index (χ3v) is 6.46. The molecular weight excluding hydrogens is 477 g/mol. The number of hydrogen-bond donors (Lipinski definition) is 1. The highest BCUT2D eigenvalue weighted by Gasteiger charge is 2.43. The largest absolute Gasteiger partial charge is 0.497 e. The van der Waals surface area contributed by atoms with Crippen LogP contribution in [0, 0.1) is 0 Å². The number of alkyl halides is 3. The number of benzene rings is 2. The smallest absolute Gasteiger partial charge is 0.453 e. The topological polar surface area (TPSA) is 87.5 Å². The molecule has 2 unspecified atom stereocenters. The van der Waals surface area contributed by atoms with Crippen LogP contribution in [0.25, 0.3) is 0 Å². The number of fused-ring (bicyclic) bond motifs is 1. The SMILES string of the molecule is COc1cccc(C2C3=C(CC(c4ccc(OC)c(OC)c4)CC3=O)Nc3nc(C(F)(F)F)nn32)c1. The lowest BCUT2D eigenvalue weighted by atomic mass is 9.78. The Morgan fingerprint density at radius 2 is 1.75 bits per heavy atom. The Balaban J connectivity index is 1.60. The number of nitrogens with zero attached hydrogens (tertiary/aromatic N) is 3. The molecule has 0 saturated heterocycles. The monoisotopic (exact) mass is 500 g/mol. The van der Waals surface area contributed by atoms with Gasteiger partial charge < -0.3 is 19.5 Å². The Bertz CT molecular complexity index is 1370. The fourth-order valence-corrected chi connectivity index (χ4v) is 4.79. The van der Waals surface area contributed by atoms with E-state index in [0.29, 0.717) is 40.5 Å². The van der Waals surface area contributed by atoms with E-state index in [9.17, 15) is 18.0 Å². The summed E-state index contributed by atoms with van der Waals surface area (Å²) in [6.07, 6.45) is -4.17. The maximum absolute atomic E-state index is 13.6. The molecule has 36 heavy (non-hydrogen) atoms. The lowest BCUT2D eigenvalue weighted by molar-refractivity contribution is -0.145. The molecule has 0 saturated carbocycles. The average molecular weight is 500 g/mol. The molecule has 2 aliphatic rings. The van der Waals surface area contributed by atoms with Gasteiger partial charge in [-0.2, -0.15) is 18.2 Å². The summed E-state index contributed by atoms with van der Waals surface area (Å²) in [6, 6.07) is 11.4. The van der Waals surface area contributed by atoms with Gasteiger partial charge in [-0.1, -0.05) is 18.2 Å². The fraction of sp³-hybridized carbons (Fsp3) is 0.320. The lowest BCUT2D eigenvalue weighted by Crippen LogP contribution is -2.33. The van der Waals surface area contributed by atoms with Gasteiger partial charge in [-0.25, -0.2) is 4.68 Å². The van der Waals surface area contributed by atoms with Crippen molar-refractivity contribution in [2.24, 2.45) is 0 Å². The zero-order valence-electron chi connectivity index (χ0n) is 19.7. The molecule has 0 fully saturated rings. The maximum atomic E-state index is 13.6. The first-order valence-corrected chi connectivity index (χ1v) is 11.2. The summed E-state index contributed by atoms with van der Waals surface area (Å²) in [6.45, 7) is 0. The molecule has 1 N–H and O–H groups in total. The van der Waals surface area contributed by atoms with Crippen molar-refractivity contribution >= 4 is 11.7 Å². The first-order valence-electron chi connectivity index (χ1n) is 11.2. The van der Waals surface area contributed by atoms with E-state index in [-0.39, 0.29) is 24.1 Å². The van der Waals surface area contributed by atoms with Gasteiger partial charge in [0.25, 0.3) is 5.82 Å². The van der Waals surface area contributed by atoms with Crippen LogP contribution >= 0.6 is 0 Å². The molecule has 2 heterocycles. The molecular formula is C25H23F3N4O4. The first-order chi connectivity index (χ1) is 17.2. The third-order valence-electron chi connectivity index (χ3n) is 6.46. The second-order valence-electron chi connectivity index (χ2n) is 8.54. The summed E-state index contributed by atoms with van der Waals surface area (Å²) in [4.78, 5) is 17.3. The number of hydrogen-bond acceptors (Lipinski definition) is 7. The van der Waals surface area contributed by atoms with E-state index in [4.69, 9.17) is 14.2 Å². The van der Waals surface area contributed by atoms with Crippen LogP contribution in [0.2, 0.25) is 0 Å². The van der Waals surface area contributed by atoms with E-state index >= 15 is 0 Å². The van der Waals surface area contributed by atoms with Gasteiger partial charge in [0, 0.05) is 17.7 Å². The molecule has 0 spiro atoms. The number of ketones is 1. The molecule has 2 atom stereocenters. The second-order valence-corrected chi connectivity index (χ2v) is 8.54. The Hall–Kier alpha value is -4.02. The molecule has 5 rings (SSSR count). The number of allylic oxidation sites excluding steroid dienone is 2. The predicted molar refractivity (Wildman–Crippen MR) is 123 cm³/mol. The minimum absolute atomic E-state index is 0.0744. The van der Waals surface area contributed by atoms with Gasteiger partial charge in [0.15, 0.2) is 17.3 Å². The highest BCUT2D eigenvalue weighted by molar-refractivity contribution is 6.00. The molecule has 0 bridgehead atoms. The molecule has 0 radical (unpaired) electrons. The zero-order chi connectivity index (χ0) is 25.6. The Morgan fingerprint density at radius 1 is 0.972 bits per heavy atom. The summed E-state index contributed by atoms with van der Waals surface area (Å²) >= 11 is 0. The predicted octanol–water partition coefficient (Wildman–Crippen LogP) is 4.74. The fourth-order valence-electron chi connectivity index (χ4n) is 4.79. The van der Waals surface area contributed by atoms with Gasteiger partial charge in [0.2, 0.25) is 5.95 Å². The van der Waals surface area contributed by atoms with Crippen molar-refractivity contribution in [3.05, 3.63) is 70.7 Å². The standard InChI is InChI=1S/C25H23F3N4O4/c1-34-16-6-4-5-14(9-16)22-21-17(29-24-30-23(25(26,27)28)31-32(22)24)10-15(11-18(21)33)13-7-8-19(35-2)20(12-13)36-3/h4-9,12,15,22H,10-11H2,1-3H3,(H,29,30,31). The lowest BCUT2D eigenvalue weighted by Gasteiger charge is -2.35. The molecule has 1 aromatic heterocycles. The van der Waals surface area contributed by atoms with Gasteiger partial charge >= 0.3 is 6.18 Å². The number of carbonyl (C=O) groups is 1. The highest BCUT2D eigenvalue weighted by Crippen LogP contribution is 2.46. The Kier molecular flexibility index (Phi) is 5.85. The van der Waals surface area contributed by atoms with E-state index in [2.05, 4.69) is 15.4 Å². The van der Waals surface area contributed by atoms with E-state index in [1.807, 2.05) is 12.1 Å². The van der Waals surface area contributed by atoms with Gasteiger partial charge in [-0.3, -0.25) is 4.79 Å². The minimum Gasteiger partial charge on any atom is -0.497 e. The van der Waals surface area contributed by atoms with Crippen LogP contribution in [0.4, 0.5) is 19.1 Å². The van der Waals surface area contributed by atoms with Crippen molar-refractivity contribution in [3.8, 4) is 17.2 Å². The number of anilines is 1. The molecule has 8 nitrogen and oxygen atoms in total. The average Bonchev–Trinajstić information content (AvgIpc) is 3.31. The van der Waals surface area contributed by atoms with Crippen LogP contribution < -0.4 is 19.5 Å². The van der Waals surface area contributed by atoms with Crippen molar-refractivity contribution in [2.75, 3.05) is 26.6 Å². The van der Waals surface area contributed by atoms with Gasteiger partial charge in [0.1, 0.15) is 11.8 Å². The number of nitrogens with one attached hydrogen (secondary N) is 1. The normalized spacial score (nSPS) is 19.3. The second kappa shape index (κ2) is 8.89. The van der Waals surface area contributed by atoms with Gasteiger partial charge in [-0.05, 0) is 47.7 Å². The zero-order valence-corrected chi connectivity index (χ0v) is 19.7. The summed E-state index contributed by atoms with van der Waals surface area (Å²) in [5.41, 5.74) is 2.31. The van der Waals surface area contributed by atoms with E-state index < -0.39 is 18.0 Å². The summed E-state index contributed by atoms with van der Waals surface area (Å²) in [7, 11) is 4.56. The molecule has 2 aromatic carbocycles. The van der Waals surface area contributed by atoms with Crippen LogP contribution in [0.5, 0.6) is 17.2 Å². The number of rotatable bonds is 5. The number of ether oxygens (including phenoxy) is 3. The van der Waals surface area contributed by atoms with E-state index in [1.54, 1.807) is 30.3 Å². The number of aromatic nitrogens is 3. The van der Waals surface area contributed by atoms with Crippen molar-refractivity contribution in [2.45, 2.75) is 31.0 Å². The molecule has 11 heteroatoms. The van der Waals surface area contributed by atoms with E-state index in [0.717, 1.165) is 10.2 Å². The van der Waals surface area contributed by atoms with Crippen molar-refractivity contribution in [3.63, 3.8) is 0 Å². The Labute approximate surface area is 204 Å². The number of methoxy groups -OCH3 is 3. The summed E-state index contributed by atoms with van der Waals surface area (Å²) in [5.74, 6) is -0.154. The highest BCUT2D eigenvalue weighted by atomic mass is 19.4. The van der Waals surface area contributed by atoms with Gasteiger partial charge in [-0.15, -0.1) is 5.10 Å². The van der Waals surface area contributed by atoms with Crippen molar-refractivity contribution < 1.29 is 32.2 Å². The summed E-state index contributed by atoms with van der Waals surface area (Å²) < 4.78 is 57.6. The Morgan fingerprint density at radius 3 is 2.44 bits per heavy atom. The quantitative estimate of drug-likeness (QED) is 0.542. The summed E-state index contributed by atoms with van der Waals surface area (Å²) in [5, 5.41) is 6.70. The molecule has 3 aromatic rings. The van der Waals surface area contributed by atoms with Crippen LogP contribution in [0.15, 0.2) is 53.7 Å². The van der Waals surface area contributed by atoms with Crippen molar-refractivity contribution in [1.82, 2.24) is 14.8 Å². The maximum Gasteiger partial charge on any atom is 0.453 e. The van der Waals surface area contributed by atoms with Crippen LogP contribution in [-0.2, 0) is 11.0 Å². The molecule has 0 amide bonds. The van der Waals surface area contributed by atoms with E-state index in [1.165, 1.54) is 21.3 Å². The van der Waals surface area contributed by atoms with Crippen LogP contribution in [-0.4, -0.2) is 41.9 Å². The third kappa shape index (κ3) is 4.04. The first kappa shape index (κ1) is 23.7.